The van der Waals surface area contributed by atoms with E-state index in [1.165, 1.54) is 31.0 Å². The van der Waals surface area contributed by atoms with Crippen LogP contribution in [0.2, 0.25) is 0 Å². The predicted octanol–water partition coefficient (Wildman–Crippen LogP) is 2.69. The first-order valence-electron chi connectivity index (χ1n) is 9.78. The third-order valence-electron chi connectivity index (χ3n) is 5.38. The van der Waals surface area contributed by atoms with E-state index in [0.29, 0.717) is 18.7 Å². The molecule has 2 aliphatic rings. The van der Waals surface area contributed by atoms with Crippen LogP contribution >= 0.6 is 0 Å². The van der Waals surface area contributed by atoms with Crippen molar-refractivity contribution in [2.75, 3.05) is 29.9 Å². The quantitative estimate of drug-likeness (QED) is 0.783. The van der Waals surface area contributed by atoms with Crippen LogP contribution in [-0.4, -0.2) is 34.0 Å². The van der Waals surface area contributed by atoms with Gasteiger partial charge in [-0.25, -0.2) is 13.1 Å². The number of nitrogens with one attached hydrogen (secondary N) is 2. The molecular weight excluding hydrogens is 374 g/mol. The summed E-state index contributed by atoms with van der Waals surface area (Å²) >= 11 is 0. The molecule has 28 heavy (non-hydrogen) atoms. The standard InChI is InChI=1S/C21H25N3O3S/c25-21-15-17-14-19(8-9-20(17)23-21)28(26,27)22-11-10-16-4-6-18(7-5-16)24-12-2-1-3-13-24/h4-9,14,22H,1-3,10-13,15H2,(H,23,25). The summed E-state index contributed by atoms with van der Waals surface area (Å²) in [6.07, 6.45) is 4.66. The molecule has 0 aromatic heterocycles. The Kier molecular flexibility index (Phi) is 5.37. The highest BCUT2D eigenvalue weighted by molar-refractivity contribution is 7.89. The van der Waals surface area contributed by atoms with Crippen LogP contribution in [0.25, 0.3) is 0 Å². The molecule has 0 spiro atoms. The van der Waals surface area contributed by atoms with Gasteiger partial charge in [0, 0.05) is 31.0 Å². The normalized spacial score (nSPS) is 16.7. The molecule has 2 aromatic rings. The Morgan fingerprint density at radius 3 is 2.50 bits per heavy atom. The minimum absolute atomic E-state index is 0.106. The molecule has 0 atom stereocenters. The van der Waals surface area contributed by atoms with E-state index in [0.717, 1.165) is 24.2 Å². The SMILES string of the molecule is O=C1Cc2cc(S(=O)(=O)NCCc3ccc(N4CCCCC4)cc3)ccc2N1. The third kappa shape index (κ3) is 4.20. The summed E-state index contributed by atoms with van der Waals surface area (Å²) < 4.78 is 27.7. The van der Waals surface area contributed by atoms with Gasteiger partial charge in [0.1, 0.15) is 0 Å². The molecule has 1 saturated heterocycles. The second-order valence-electron chi connectivity index (χ2n) is 7.41. The Balaban J connectivity index is 1.34. The number of benzene rings is 2. The maximum atomic E-state index is 12.5. The molecule has 6 nitrogen and oxygen atoms in total. The van der Waals surface area contributed by atoms with Gasteiger partial charge in [-0.1, -0.05) is 12.1 Å². The maximum Gasteiger partial charge on any atom is 0.240 e. The van der Waals surface area contributed by atoms with E-state index in [4.69, 9.17) is 0 Å². The number of carbonyl (C=O) groups excluding carboxylic acids is 1. The molecule has 148 valence electrons. The van der Waals surface area contributed by atoms with Crippen molar-refractivity contribution in [1.29, 1.82) is 0 Å². The number of nitrogens with zero attached hydrogens (tertiary/aromatic N) is 1. The van der Waals surface area contributed by atoms with Crippen LogP contribution in [-0.2, 0) is 27.7 Å². The number of hydrogen-bond acceptors (Lipinski definition) is 4. The second-order valence-corrected chi connectivity index (χ2v) is 9.17. The number of amides is 1. The molecule has 2 aliphatic heterocycles. The van der Waals surface area contributed by atoms with Crippen LogP contribution < -0.4 is 14.9 Å². The molecule has 0 radical (unpaired) electrons. The zero-order chi connectivity index (χ0) is 19.6. The molecule has 0 bridgehead atoms. The molecule has 1 fully saturated rings. The highest BCUT2D eigenvalue weighted by Gasteiger charge is 2.21. The van der Waals surface area contributed by atoms with Crippen LogP contribution in [0.4, 0.5) is 11.4 Å². The van der Waals surface area contributed by atoms with E-state index in [1.807, 2.05) is 0 Å². The number of rotatable bonds is 6. The van der Waals surface area contributed by atoms with Gasteiger partial charge in [-0.2, -0.15) is 0 Å². The van der Waals surface area contributed by atoms with Gasteiger partial charge in [-0.15, -0.1) is 0 Å². The number of piperidine rings is 1. The first-order chi connectivity index (χ1) is 13.5. The van der Waals surface area contributed by atoms with Crippen LogP contribution in [0.15, 0.2) is 47.4 Å². The molecule has 2 heterocycles. The van der Waals surface area contributed by atoms with E-state index in [9.17, 15) is 13.2 Å². The lowest BCUT2D eigenvalue weighted by molar-refractivity contribution is -0.115. The maximum absolute atomic E-state index is 12.5. The summed E-state index contributed by atoms with van der Waals surface area (Å²) in [5, 5.41) is 2.71. The number of fused-ring (bicyclic) bond motifs is 1. The minimum Gasteiger partial charge on any atom is -0.372 e. The van der Waals surface area contributed by atoms with Crippen molar-refractivity contribution in [3.63, 3.8) is 0 Å². The highest BCUT2D eigenvalue weighted by atomic mass is 32.2. The number of anilines is 2. The fourth-order valence-corrected chi connectivity index (χ4v) is 4.89. The van der Waals surface area contributed by atoms with Crippen LogP contribution in [0.5, 0.6) is 0 Å². The van der Waals surface area contributed by atoms with Crippen molar-refractivity contribution in [2.24, 2.45) is 0 Å². The van der Waals surface area contributed by atoms with Crippen molar-refractivity contribution >= 4 is 27.3 Å². The van der Waals surface area contributed by atoms with Gasteiger partial charge >= 0.3 is 0 Å². The Hall–Kier alpha value is -2.38. The lowest BCUT2D eigenvalue weighted by atomic mass is 10.1. The third-order valence-corrected chi connectivity index (χ3v) is 6.83. The van der Waals surface area contributed by atoms with E-state index >= 15 is 0 Å². The topological polar surface area (TPSA) is 78.5 Å². The number of hydrogen-bond donors (Lipinski definition) is 2. The Morgan fingerprint density at radius 2 is 1.75 bits per heavy atom. The van der Waals surface area contributed by atoms with Crippen LogP contribution in [0.3, 0.4) is 0 Å². The summed E-state index contributed by atoms with van der Waals surface area (Å²) in [6.45, 7) is 2.56. The van der Waals surface area contributed by atoms with Gasteiger partial charge in [0.15, 0.2) is 0 Å². The molecule has 2 N–H and O–H groups in total. The molecule has 1 amide bonds. The molecule has 2 aromatic carbocycles. The highest BCUT2D eigenvalue weighted by Crippen LogP contribution is 2.25. The van der Waals surface area contributed by atoms with Gasteiger partial charge < -0.3 is 10.2 Å². The van der Waals surface area contributed by atoms with Crippen LogP contribution in [0, 0.1) is 0 Å². The van der Waals surface area contributed by atoms with Gasteiger partial charge in [0.25, 0.3) is 0 Å². The molecule has 0 aliphatic carbocycles. The Bertz CT molecular complexity index is 965. The molecule has 7 heteroatoms. The van der Waals surface area contributed by atoms with E-state index in [2.05, 4.69) is 39.2 Å². The number of carbonyl (C=O) groups is 1. The van der Waals surface area contributed by atoms with E-state index < -0.39 is 10.0 Å². The lowest BCUT2D eigenvalue weighted by Crippen LogP contribution is -2.29. The predicted molar refractivity (Wildman–Crippen MR) is 110 cm³/mol. The summed E-state index contributed by atoms with van der Waals surface area (Å²) in [5.41, 5.74) is 3.76. The Morgan fingerprint density at radius 1 is 1.00 bits per heavy atom. The Labute approximate surface area is 166 Å². The van der Waals surface area contributed by atoms with Gasteiger partial charge in [0.05, 0.1) is 11.3 Å². The van der Waals surface area contributed by atoms with Crippen molar-refractivity contribution in [3.8, 4) is 0 Å². The first-order valence-corrected chi connectivity index (χ1v) is 11.3. The minimum atomic E-state index is -3.59. The fourth-order valence-electron chi connectivity index (χ4n) is 3.81. The average molecular weight is 400 g/mol. The summed E-state index contributed by atoms with van der Waals surface area (Å²) in [7, 11) is -3.59. The van der Waals surface area contributed by atoms with Gasteiger partial charge in [-0.05, 0) is 67.1 Å². The monoisotopic (exact) mass is 399 g/mol. The van der Waals surface area contributed by atoms with E-state index in [1.54, 1.807) is 12.1 Å². The largest absolute Gasteiger partial charge is 0.372 e. The first kappa shape index (κ1) is 19.0. The fraction of sp³-hybridized carbons (Fsp3) is 0.381. The lowest BCUT2D eigenvalue weighted by Gasteiger charge is -2.28. The van der Waals surface area contributed by atoms with Crippen molar-refractivity contribution in [3.05, 3.63) is 53.6 Å². The summed E-state index contributed by atoms with van der Waals surface area (Å²) in [5.74, 6) is -0.106. The van der Waals surface area contributed by atoms with Crippen molar-refractivity contribution < 1.29 is 13.2 Å². The average Bonchev–Trinajstić information content (AvgIpc) is 3.08. The number of sulfonamides is 1. The second kappa shape index (κ2) is 7.93. The van der Waals surface area contributed by atoms with Crippen molar-refractivity contribution in [1.82, 2.24) is 4.72 Å². The smallest absolute Gasteiger partial charge is 0.240 e. The molecule has 0 saturated carbocycles. The van der Waals surface area contributed by atoms with Crippen LogP contribution in [0.1, 0.15) is 30.4 Å². The van der Waals surface area contributed by atoms with Gasteiger partial charge in [0.2, 0.25) is 15.9 Å². The van der Waals surface area contributed by atoms with Gasteiger partial charge in [-0.3, -0.25) is 4.79 Å². The zero-order valence-electron chi connectivity index (χ0n) is 15.8. The van der Waals surface area contributed by atoms with Crippen molar-refractivity contribution in [2.45, 2.75) is 37.0 Å². The summed E-state index contributed by atoms with van der Waals surface area (Å²) in [6, 6.07) is 13.1. The molecule has 4 rings (SSSR count). The zero-order valence-corrected chi connectivity index (χ0v) is 16.6. The summed E-state index contributed by atoms with van der Waals surface area (Å²) in [4.78, 5) is 14.0. The molecule has 0 unspecified atom stereocenters. The molecular formula is C21H25N3O3S. The van der Waals surface area contributed by atoms with E-state index in [-0.39, 0.29) is 17.2 Å².